The summed E-state index contributed by atoms with van der Waals surface area (Å²) in [6.45, 7) is 2.77. The van der Waals surface area contributed by atoms with E-state index in [4.69, 9.17) is 4.74 Å². The number of hydrogen-bond acceptors (Lipinski definition) is 5. The molecule has 0 spiro atoms. The predicted octanol–water partition coefficient (Wildman–Crippen LogP) is 3.69. The van der Waals surface area contributed by atoms with Crippen molar-refractivity contribution in [1.82, 2.24) is 9.55 Å². The molecule has 1 heterocycles. The zero-order chi connectivity index (χ0) is 20.6. The molecule has 0 saturated heterocycles. The Hall–Kier alpha value is -2.84. The third-order valence-corrected chi connectivity index (χ3v) is 4.99. The highest BCUT2D eigenvalue weighted by atomic mass is 32.2. The molecule has 29 heavy (non-hydrogen) atoms. The van der Waals surface area contributed by atoms with Gasteiger partial charge in [-0.1, -0.05) is 23.9 Å². The summed E-state index contributed by atoms with van der Waals surface area (Å²) in [5.41, 5.74) is 2.10. The number of nitrogens with one attached hydrogen (secondary N) is 1. The molecule has 1 amide bonds. The molecule has 0 saturated carbocycles. The molecule has 3 rings (SSSR count). The number of carbonyl (C=O) groups excluding carboxylic acids is 1. The number of rotatable bonds is 9. The molecule has 1 aromatic heterocycles. The van der Waals surface area contributed by atoms with Gasteiger partial charge in [-0.15, -0.1) is 0 Å². The fourth-order valence-corrected chi connectivity index (χ4v) is 3.47. The van der Waals surface area contributed by atoms with Crippen LogP contribution in [0.3, 0.4) is 0 Å². The van der Waals surface area contributed by atoms with Crippen LogP contribution in [0.2, 0.25) is 0 Å². The number of halogens is 1. The lowest BCUT2D eigenvalue weighted by atomic mass is 10.2. The Labute approximate surface area is 172 Å². The molecule has 6 nitrogen and oxygen atoms in total. The molecule has 2 aromatic carbocycles. The lowest BCUT2D eigenvalue weighted by Crippen LogP contribution is -2.14. The van der Waals surface area contributed by atoms with Gasteiger partial charge in [-0.25, -0.2) is 9.37 Å². The second-order valence-electron chi connectivity index (χ2n) is 6.22. The van der Waals surface area contributed by atoms with Crippen molar-refractivity contribution in [3.63, 3.8) is 0 Å². The van der Waals surface area contributed by atoms with Gasteiger partial charge in [0.15, 0.2) is 5.16 Å². The van der Waals surface area contributed by atoms with Crippen molar-refractivity contribution in [2.24, 2.45) is 0 Å². The van der Waals surface area contributed by atoms with E-state index in [1.165, 1.54) is 23.9 Å². The topological polar surface area (TPSA) is 76.4 Å². The summed E-state index contributed by atoms with van der Waals surface area (Å²) in [5, 5.41) is 12.8. The number of aliphatic hydroxyl groups excluding tert-OH is 1. The number of ether oxygens (including phenoxy) is 1. The van der Waals surface area contributed by atoms with Gasteiger partial charge in [0.2, 0.25) is 5.91 Å². The van der Waals surface area contributed by atoms with Gasteiger partial charge in [0, 0.05) is 18.4 Å². The third kappa shape index (κ3) is 6.07. The number of benzene rings is 2. The first kappa shape index (κ1) is 20.9. The molecule has 0 unspecified atom stereocenters. The van der Waals surface area contributed by atoms with E-state index in [0.717, 1.165) is 11.3 Å². The molecular formula is C21H22FN3O3S. The number of amides is 1. The Morgan fingerprint density at radius 3 is 2.59 bits per heavy atom. The van der Waals surface area contributed by atoms with E-state index in [0.29, 0.717) is 29.7 Å². The molecule has 0 aliphatic carbocycles. The summed E-state index contributed by atoms with van der Waals surface area (Å²) in [6, 6.07) is 13.4. The van der Waals surface area contributed by atoms with Gasteiger partial charge >= 0.3 is 0 Å². The number of thioether (sulfide) groups is 1. The second kappa shape index (κ2) is 10.1. The molecule has 0 atom stereocenters. The molecule has 0 radical (unpaired) electrons. The summed E-state index contributed by atoms with van der Waals surface area (Å²) < 4.78 is 20.3. The van der Waals surface area contributed by atoms with Crippen molar-refractivity contribution in [2.75, 3.05) is 17.7 Å². The van der Waals surface area contributed by atoms with Gasteiger partial charge in [-0.3, -0.25) is 4.79 Å². The first-order chi connectivity index (χ1) is 14.1. The molecule has 0 bridgehead atoms. The Balaban J connectivity index is 1.61. The normalized spacial score (nSPS) is 10.7. The zero-order valence-electron chi connectivity index (χ0n) is 16.0. The van der Waals surface area contributed by atoms with E-state index in [2.05, 4.69) is 10.3 Å². The van der Waals surface area contributed by atoms with Crippen molar-refractivity contribution >= 4 is 23.4 Å². The quantitative estimate of drug-likeness (QED) is 0.521. The largest absolute Gasteiger partial charge is 0.494 e. The van der Waals surface area contributed by atoms with Crippen LogP contribution < -0.4 is 10.1 Å². The number of hydrogen-bond donors (Lipinski definition) is 2. The molecule has 2 N–H and O–H groups in total. The molecule has 0 aliphatic heterocycles. The molecular weight excluding hydrogens is 393 g/mol. The van der Waals surface area contributed by atoms with Crippen molar-refractivity contribution in [3.8, 4) is 5.75 Å². The summed E-state index contributed by atoms with van der Waals surface area (Å²) in [4.78, 5) is 16.6. The highest BCUT2D eigenvalue weighted by molar-refractivity contribution is 7.99. The smallest absolute Gasteiger partial charge is 0.234 e. The van der Waals surface area contributed by atoms with Crippen LogP contribution in [0.15, 0.2) is 59.9 Å². The summed E-state index contributed by atoms with van der Waals surface area (Å²) in [7, 11) is 0. The van der Waals surface area contributed by atoms with E-state index in [1.807, 2.05) is 11.5 Å². The number of carbonyl (C=O) groups is 1. The number of aliphatic hydroxyl groups is 1. The Morgan fingerprint density at radius 2 is 1.93 bits per heavy atom. The van der Waals surface area contributed by atoms with Crippen molar-refractivity contribution in [3.05, 3.63) is 71.8 Å². The van der Waals surface area contributed by atoms with Crippen molar-refractivity contribution in [2.45, 2.75) is 25.2 Å². The monoisotopic (exact) mass is 415 g/mol. The van der Waals surface area contributed by atoms with Crippen LogP contribution in [0.5, 0.6) is 5.75 Å². The maximum Gasteiger partial charge on any atom is 0.234 e. The Morgan fingerprint density at radius 1 is 1.21 bits per heavy atom. The lowest BCUT2D eigenvalue weighted by Gasteiger charge is -2.09. The molecule has 152 valence electrons. The Bertz CT molecular complexity index is 943. The van der Waals surface area contributed by atoms with Crippen LogP contribution in [0.1, 0.15) is 18.2 Å². The Kier molecular flexibility index (Phi) is 7.26. The third-order valence-electron chi connectivity index (χ3n) is 4.00. The standard InChI is InChI=1S/C21H22FN3O3S/c1-2-28-19-9-7-17(8-10-19)23-20(27)14-29-21-24-18(13-26)12-25(21)11-15-3-5-16(22)6-4-15/h3-10,12,26H,2,11,13-14H2,1H3,(H,23,27). The van der Waals surface area contributed by atoms with Gasteiger partial charge < -0.3 is 19.7 Å². The van der Waals surface area contributed by atoms with Crippen LogP contribution >= 0.6 is 11.8 Å². The van der Waals surface area contributed by atoms with E-state index in [9.17, 15) is 14.3 Å². The van der Waals surface area contributed by atoms with Gasteiger partial charge in [0.25, 0.3) is 0 Å². The number of imidazole rings is 1. The minimum atomic E-state index is -0.295. The van der Waals surface area contributed by atoms with Gasteiger partial charge in [-0.05, 0) is 48.9 Å². The van der Waals surface area contributed by atoms with Crippen LogP contribution in [-0.4, -0.2) is 32.9 Å². The SMILES string of the molecule is CCOc1ccc(NC(=O)CSc2nc(CO)cn2Cc2ccc(F)cc2)cc1. The number of aromatic nitrogens is 2. The van der Waals surface area contributed by atoms with Gasteiger partial charge in [0.05, 0.1) is 24.7 Å². The highest BCUT2D eigenvalue weighted by Crippen LogP contribution is 2.21. The van der Waals surface area contributed by atoms with E-state index in [-0.39, 0.29) is 24.1 Å². The fraction of sp³-hybridized carbons (Fsp3) is 0.238. The minimum Gasteiger partial charge on any atom is -0.494 e. The predicted molar refractivity (Wildman–Crippen MR) is 111 cm³/mol. The number of anilines is 1. The summed E-state index contributed by atoms with van der Waals surface area (Å²) in [6.07, 6.45) is 1.73. The molecule has 3 aromatic rings. The second-order valence-corrected chi connectivity index (χ2v) is 7.16. The minimum absolute atomic E-state index is 0.165. The van der Waals surface area contributed by atoms with E-state index >= 15 is 0 Å². The molecule has 0 fully saturated rings. The maximum absolute atomic E-state index is 13.1. The lowest BCUT2D eigenvalue weighted by molar-refractivity contribution is -0.113. The average Bonchev–Trinajstić information content (AvgIpc) is 3.12. The van der Waals surface area contributed by atoms with Crippen LogP contribution in [-0.2, 0) is 17.9 Å². The molecule has 0 aliphatic rings. The van der Waals surface area contributed by atoms with Gasteiger partial charge in [0.1, 0.15) is 11.6 Å². The maximum atomic E-state index is 13.1. The first-order valence-electron chi connectivity index (χ1n) is 9.14. The van der Waals surface area contributed by atoms with Crippen LogP contribution in [0.4, 0.5) is 10.1 Å². The van der Waals surface area contributed by atoms with Gasteiger partial charge in [-0.2, -0.15) is 0 Å². The first-order valence-corrected chi connectivity index (χ1v) is 10.1. The van der Waals surface area contributed by atoms with Crippen molar-refractivity contribution in [1.29, 1.82) is 0 Å². The van der Waals surface area contributed by atoms with Crippen molar-refractivity contribution < 1.29 is 19.0 Å². The average molecular weight is 415 g/mol. The van der Waals surface area contributed by atoms with E-state index in [1.54, 1.807) is 42.6 Å². The summed E-state index contributed by atoms with van der Waals surface area (Å²) >= 11 is 1.27. The zero-order valence-corrected chi connectivity index (χ0v) is 16.8. The fourth-order valence-electron chi connectivity index (χ4n) is 2.67. The number of nitrogens with zero attached hydrogens (tertiary/aromatic N) is 2. The highest BCUT2D eigenvalue weighted by Gasteiger charge is 2.12. The summed E-state index contributed by atoms with van der Waals surface area (Å²) in [5.74, 6) is 0.453. The van der Waals surface area contributed by atoms with Crippen LogP contribution in [0.25, 0.3) is 0 Å². The molecule has 8 heteroatoms. The van der Waals surface area contributed by atoms with E-state index < -0.39 is 0 Å². The van der Waals surface area contributed by atoms with Crippen LogP contribution in [0, 0.1) is 5.82 Å².